The van der Waals surface area contributed by atoms with Crippen molar-refractivity contribution in [1.82, 2.24) is 5.32 Å². The zero-order valence-corrected chi connectivity index (χ0v) is 11.7. The lowest BCUT2D eigenvalue weighted by Crippen LogP contribution is -2.44. The SMILES string of the molecule is COc1ccc(F)cc1C(=O)NCC(C)(O)C(C)C. The quantitative estimate of drug-likeness (QED) is 0.859. The van der Waals surface area contributed by atoms with Crippen LogP contribution in [0.2, 0.25) is 0 Å². The summed E-state index contributed by atoms with van der Waals surface area (Å²) < 4.78 is 18.2. The summed E-state index contributed by atoms with van der Waals surface area (Å²) in [5.41, 5.74) is -0.905. The molecule has 0 aromatic heterocycles. The third kappa shape index (κ3) is 3.92. The molecule has 0 fully saturated rings. The lowest BCUT2D eigenvalue weighted by Gasteiger charge is -2.27. The number of carbonyl (C=O) groups is 1. The Morgan fingerprint density at radius 2 is 2.16 bits per heavy atom. The Labute approximate surface area is 112 Å². The van der Waals surface area contributed by atoms with E-state index in [0.717, 1.165) is 6.07 Å². The van der Waals surface area contributed by atoms with Crippen LogP contribution in [0.1, 0.15) is 31.1 Å². The Morgan fingerprint density at radius 1 is 1.53 bits per heavy atom. The predicted octanol–water partition coefficient (Wildman–Crippen LogP) is 1.97. The molecule has 0 spiro atoms. The lowest BCUT2D eigenvalue weighted by molar-refractivity contribution is 0.0142. The summed E-state index contributed by atoms with van der Waals surface area (Å²) in [6, 6.07) is 3.73. The van der Waals surface area contributed by atoms with Crippen molar-refractivity contribution in [3.63, 3.8) is 0 Å². The third-order valence-electron chi connectivity index (χ3n) is 3.26. The number of carbonyl (C=O) groups excluding carboxylic acids is 1. The lowest BCUT2D eigenvalue weighted by atomic mass is 9.92. The number of nitrogens with one attached hydrogen (secondary N) is 1. The molecule has 1 amide bonds. The van der Waals surface area contributed by atoms with Gasteiger partial charge in [-0.3, -0.25) is 4.79 Å². The molecule has 0 aliphatic rings. The molecule has 1 aromatic carbocycles. The van der Waals surface area contributed by atoms with Crippen LogP contribution < -0.4 is 10.1 Å². The van der Waals surface area contributed by atoms with Crippen molar-refractivity contribution in [2.24, 2.45) is 5.92 Å². The van der Waals surface area contributed by atoms with Gasteiger partial charge in [-0.1, -0.05) is 13.8 Å². The van der Waals surface area contributed by atoms with Crippen LogP contribution in [0.25, 0.3) is 0 Å². The third-order valence-corrected chi connectivity index (χ3v) is 3.26. The molecular weight excluding hydrogens is 249 g/mol. The Morgan fingerprint density at radius 3 is 2.68 bits per heavy atom. The van der Waals surface area contributed by atoms with E-state index < -0.39 is 17.3 Å². The maximum atomic E-state index is 13.2. The normalized spacial score (nSPS) is 14.1. The Hall–Kier alpha value is -1.62. The summed E-state index contributed by atoms with van der Waals surface area (Å²) in [4.78, 5) is 12.0. The number of hydrogen-bond donors (Lipinski definition) is 2. The van der Waals surface area contributed by atoms with Gasteiger partial charge in [0.25, 0.3) is 5.91 Å². The van der Waals surface area contributed by atoms with E-state index in [2.05, 4.69) is 5.32 Å². The fourth-order valence-corrected chi connectivity index (χ4v) is 1.42. The second-order valence-corrected chi connectivity index (χ2v) is 5.04. The number of rotatable bonds is 5. The van der Waals surface area contributed by atoms with Crippen LogP contribution in [-0.2, 0) is 0 Å². The molecule has 0 aliphatic heterocycles. The van der Waals surface area contributed by atoms with E-state index in [1.165, 1.54) is 19.2 Å². The average Bonchev–Trinajstić information content (AvgIpc) is 2.35. The van der Waals surface area contributed by atoms with Crippen molar-refractivity contribution < 1.29 is 19.0 Å². The van der Waals surface area contributed by atoms with Crippen LogP contribution in [0.4, 0.5) is 4.39 Å². The highest BCUT2D eigenvalue weighted by Gasteiger charge is 2.26. The standard InChI is InChI=1S/C14H20FNO3/c1-9(2)14(3,18)8-16-13(17)11-7-10(15)5-6-12(11)19-4/h5-7,9,18H,8H2,1-4H3,(H,16,17). The summed E-state index contributed by atoms with van der Waals surface area (Å²) in [6.45, 7) is 5.44. The summed E-state index contributed by atoms with van der Waals surface area (Å²) in [7, 11) is 1.41. The number of methoxy groups -OCH3 is 1. The van der Waals surface area contributed by atoms with Crippen LogP contribution >= 0.6 is 0 Å². The fourth-order valence-electron chi connectivity index (χ4n) is 1.42. The first kappa shape index (κ1) is 15.4. The molecule has 1 aromatic rings. The van der Waals surface area contributed by atoms with Gasteiger partial charge < -0.3 is 15.2 Å². The van der Waals surface area contributed by atoms with Gasteiger partial charge in [-0.2, -0.15) is 0 Å². The molecule has 1 unspecified atom stereocenters. The maximum Gasteiger partial charge on any atom is 0.255 e. The smallest absolute Gasteiger partial charge is 0.255 e. The largest absolute Gasteiger partial charge is 0.496 e. The molecule has 0 bridgehead atoms. The molecule has 5 heteroatoms. The van der Waals surface area contributed by atoms with Gasteiger partial charge in [-0.25, -0.2) is 4.39 Å². The summed E-state index contributed by atoms with van der Waals surface area (Å²) in [5.74, 6) is -0.705. The van der Waals surface area contributed by atoms with Gasteiger partial charge in [-0.15, -0.1) is 0 Å². The van der Waals surface area contributed by atoms with Gasteiger partial charge in [0, 0.05) is 6.54 Å². The van der Waals surface area contributed by atoms with Crippen molar-refractivity contribution in [1.29, 1.82) is 0 Å². The van der Waals surface area contributed by atoms with Gasteiger partial charge in [0.15, 0.2) is 0 Å². The Bertz CT molecular complexity index is 458. The molecule has 0 aliphatic carbocycles. The maximum absolute atomic E-state index is 13.2. The molecule has 19 heavy (non-hydrogen) atoms. The first-order valence-corrected chi connectivity index (χ1v) is 6.12. The number of benzene rings is 1. The van der Waals surface area contributed by atoms with Gasteiger partial charge >= 0.3 is 0 Å². The van der Waals surface area contributed by atoms with Crippen LogP contribution in [-0.4, -0.2) is 30.3 Å². The molecule has 4 nitrogen and oxygen atoms in total. The number of aliphatic hydroxyl groups is 1. The van der Waals surface area contributed by atoms with E-state index in [4.69, 9.17) is 4.74 Å². The highest BCUT2D eigenvalue weighted by Crippen LogP contribution is 2.20. The highest BCUT2D eigenvalue weighted by atomic mass is 19.1. The fraction of sp³-hybridized carbons (Fsp3) is 0.500. The summed E-state index contributed by atoms with van der Waals surface area (Å²) in [5, 5.41) is 12.6. The average molecular weight is 269 g/mol. The van der Waals surface area contributed by atoms with E-state index in [1.54, 1.807) is 6.92 Å². The second-order valence-electron chi connectivity index (χ2n) is 5.04. The van der Waals surface area contributed by atoms with Crippen LogP contribution in [0, 0.1) is 11.7 Å². The minimum absolute atomic E-state index is 0.0118. The minimum atomic E-state index is -1.02. The Kier molecular flexibility index (Phi) is 4.89. The van der Waals surface area contributed by atoms with Gasteiger partial charge in [-0.05, 0) is 31.0 Å². The van der Waals surface area contributed by atoms with Crippen molar-refractivity contribution in [2.75, 3.05) is 13.7 Å². The Balaban J connectivity index is 2.82. The van der Waals surface area contributed by atoms with Gasteiger partial charge in [0.05, 0.1) is 18.3 Å². The monoisotopic (exact) mass is 269 g/mol. The zero-order valence-electron chi connectivity index (χ0n) is 11.7. The van der Waals surface area contributed by atoms with E-state index in [9.17, 15) is 14.3 Å². The van der Waals surface area contributed by atoms with Crippen molar-refractivity contribution >= 4 is 5.91 Å². The molecule has 0 heterocycles. The number of amides is 1. The molecule has 106 valence electrons. The molecule has 0 saturated carbocycles. The van der Waals surface area contributed by atoms with Gasteiger partial charge in [0.1, 0.15) is 11.6 Å². The molecule has 2 N–H and O–H groups in total. The van der Waals surface area contributed by atoms with Crippen molar-refractivity contribution in [3.8, 4) is 5.75 Å². The van der Waals surface area contributed by atoms with Crippen LogP contribution in [0.15, 0.2) is 18.2 Å². The van der Waals surface area contributed by atoms with Crippen molar-refractivity contribution in [2.45, 2.75) is 26.4 Å². The van der Waals surface area contributed by atoms with E-state index in [-0.39, 0.29) is 18.0 Å². The zero-order chi connectivity index (χ0) is 14.6. The van der Waals surface area contributed by atoms with Crippen molar-refractivity contribution in [3.05, 3.63) is 29.6 Å². The van der Waals surface area contributed by atoms with E-state index >= 15 is 0 Å². The first-order valence-electron chi connectivity index (χ1n) is 6.12. The topological polar surface area (TPSA) is 58.6 Å². The van der Waals surface area contributed by atoms with Crippen LogP contribution in [0.5, 0.6) is 5.75 Å². The second kappa shape index (κ2) is 6.02. The molecule has 0 saturated heterocycles. The van der Waals surface area contributed by atoms with E-state index in [0.29, 0.717) is 5.75 Å². The number of ether oxygens (including phenoxy) is 1. The molecule has 1 atom stereocenters. The molecule has 0 radical (unpaired) electrons. The molecule has 1 rings (SSSR count). The molecular formula is C14H20FNO3. The van der Waals surface area contributed by atoms with Gasteiger partial charge in [0.2, 0.25) is 0 Å². The van der Waals surface area contributed by atoms with Crippen LogP contribution in [0.3, 0.4) is 0 Å². The highest BCUT2D eigenvalue weighted by molar-refractivity contribution is 5.96. The number of halogens is 1. The predicted molar refractivity (Wildman–Crippen MR) is 70.7 cm³/mol. The number of hydrogen-bond acceptors (Lipinski definition) is 3. The minimum Gasteiger partial charge on any atom is -0.496 e. The summed E-state index contributed by atoms with van der Waals surface area (Å²) in [6.07, 6.45) is 0. The summed E-state index contributed by atoms with van der Waals surface area (Å²) >= 11 is 0. The van der Waals surface area contributed by atoms with E-state index in [1.807, 2.05) is 13.8 Å². The first-order chi connectivity index (χ1) is 8.77.